The quantitative estimate of drug-likeness (QED) is 0.837. The summed E-state index contributed by atoms with van der Waals surface area (Å²) in [7, 11) is 0. The molecular weight excluding hydrogens is 220 g/mol. The molecule has 16 heavy (non-hydrogen) atoms. The SMILES string of the molecule is CCCC(C)CNc1ccc(C#N)c(Cl)c1. The molecule has 1 rings (SSSR count). The smallest absolute Gasteiger partial charge is 0.101 e. The van der Waals surface area contributed by atoms with Crippen LogP contribution in [0.25, 0.3) is 0 Å². The zero-order valence-corrected chi connectivity index (χ0v) is 10.5. The normalized spacial score (nSPS) is 11.9. The fraction of sp³-hybridized carbons (Fsp3) is 0.462. The minimum atomic E-state index is 0.510. The maximum atomic E-state index is 8.74. The molecule has 0 amide bonds. The number of benzene rings is 1. The average Bonchev–Trinajstić information content (AvgIpc) is 2.27. The molecule has 0 fully saturated rings. The van der Waals surface area contributed by atoms with Crippen molar-refractivity contribution in [2.45, 2.75) is 26.7 Å². The van der Waals surface area contributed by atoms with Gasteiger partial charge < -0.3 is 5.32 Å². The van der Waals surface area contributed by atoms with Crippen LogP contribution < -0.4 is 5.32 Å². The molecule has 0 aliphatic carbocycles. The van der Waals surface area contributed by atoms with Crippen molar-refractivity contribution in [2.24, 2.45) is 5.92 Å². The zero-order valence-electron chi connectivity index (χ0n) is 9.76. The van der Waals surface area contributed by atoms with Crippen LogP contribution in [0.4, 0.5) is 5.69 Å². The molecule has 0 heterocycles. The van der Waals surface area contributed by atoms with Gasteiger partial charge >= 0.3 is 0 Å². The van der Waals surface area contributed by atoms with Crippen LogP contribution in [0.3, 0.4) is 0 Å². The summed E-state index contributed by atoms with van der Waals surface area (Å²) < 4.78 is 0. The van der Waals surface area contributed by atoms with Crippen LogP contribution in [-0.2, 0) is 0 Å². The summed E-state index contributed by atoms with van der Waals surface area (Å²) in [4.78, 5) is 0. The Balaban J connectivity index is 2.56. The number of anilines is 1. The molecule has 2 nitrogen and oxygen atoms in total. The predicted molar refractivity (Wildman–Crippen MR) is 68.7 cm³/mol. The highest BCUT2D eigenvalue weighted by atomic mass is 35.5. The van der Waals surface area contributed by atoms with Crippen molar-refractivity contribution in [3.05, 3.63) is 28.8 Å². The topological polar surface area (TPSA) is 35.8 Å². The molecule has 0 aliphatic heterocycles. The number of rotatable bonds is 5. The molecular formula is C13H17ClN2. The molecule has 0 saturated carbocycles. The third-order valence-electron chi connectivity index (χ3n) is 2.53. The van der Waals surface area contributed by atoms with E-state index in [-0.39, 0.29) is 0 Å². The van der Waals surface area contributed by atoms with E-state index in [1.165, 1.54) is 12.8 Å². The van der Waals surface area contributed by atoms with Gasteiger partial charge in [-0.2, -0.15) is 5.26 Å². The van der Waals surface area contributed by atoms with Gasteiger partial charge in [-0.15, -0.1) is 0 Å². The van der Waals surface area contributed by atoms with Crippen LogP contribution >= 0.6 is 11.6 Å². The van der Waals surface area contributed by atoms with E-state index in [0.29, 0.717) is 16.5 Å². The van der Waals surface area contributed by atoms with Gasteiger partial charge in [0, 0.05) is 12.2 Å². The molecule has 0 bridgehead atoms. The molecule has 0 aliphatic rings. The molecule has 1 unspecified atom stereocenters. The van der Waals surface area contributed by atoms with Gasteiger partial charge in [-0.25, -0.2) is 0 Å². The molecule has 1 aromatic rings. The van der Waals surface area contributed by atoms with Gasteiger partial charge in [0.05, 0.1) is 10.6 Å². The Morgan fingerprint density at radius 3 is 2.81 bits per heavy atom. The highest BCUT2D eigenvalue weighted by Gasteiger charge is 2.03. The lowest BCUT2D eigenvalue weighted by atomic mass is 10.1. The highest BCUT2D eigenvalue weighted by Crippen LogP contribution is 2.20. The monoisotopic (exact) mass is 236 g/mol. The van der Waals surface area contributed by atoms with Crippen molar-refractivity contribution in [3.63, 3.8) is 0 Å². The summed E-state index contributed by atoms with van der Waals surface area (Å²) in [6, 6.07) is 7.49. The minimum absolute atomic E-state index is 0.510. The second kappa shape index (κ2) is 6.40. The first-order valence-corrected chi connectivity index (χ1v) is 5.98. The summed E-state index contributed by atoms with van der Waals surface area (Å²) in [5.41, 5.74) is 1.50. The van der Waals surface area contributed by atoms with Crippen LogP contribution in [0.2, 0.25) is 5.02 Å². The van der Waals surface area contributed by atoms with Gasteiger partial charge in [-0.3, -0.25) is 0 Å². The summed E-state index contributed by atoms with van der Waals surface area (Å²) in [6.45, 7) is 5.35. The number of halogens is 1. The van der Waals surface area contributed by atoms with Crippen molar-refractivity contribution in [1.29, 1.82) is 5.26 Å². The highest BCUT2D eigenvalue weighted by molar-refractivity contribution is 6.32. The van der Waals surface area contributed by atoms with E-state index in [4.69, 9.17) is 16.9 Å². The first-order valence-electron chi connectivity index (χ1n) is 5.61. The van der Waals surface area contributed by atoms with Gasteiger partial charge in [0.25, 0.3) is 0 Å². The standard InChI is InChI=1S/C13H17ClN2/c1-3-4-10(2)9-16-12-6-5-11(8-15)13(14)7-12/h5-7,10,16H,3-4,9H2,1-2H3. The van der Waals surface area contributed by atoms with Crippen LogP contribution in [0.15, 0.2) is 18.2 Å². The zero-order chi connectivity index (χ0) is 12.0. The van der Waals surface area contributed by atoms with E-state index >= 15 is 0 Å². The van der Waals surface area contributed by atoms with Crippen molar-refractivity contribution in [1.82, 2.24) is 0 Å². The van der Waals surface area contributed by atoms with E-state index in [1.807, 2.05) is 12.1 Å². The number of hydrogen-bond donors (Lipinski definition) is 1. The fourth-order valence-corrected chi connectivity index (χ4v) is 1.83. The third kappa shape index (κ3) is 3.75. The second-order valence-electron chi connectivity index (χ2n) is 4.08. The molecule has 1 atom stereocenters. The number of nitrogens with one attached hydrogen (secondary N) is 1. The van der Waals surface area contributed by atoms with Crippen LogP contribution in [0.1, 0.15) is 32.3 Å². The van der Waals surface area contributed by atoms with Gasteiger partial charge in [0.1, 0.15) is 6.07 Å². The van der Waals surface area contributed by atoms with Crippen LogP contribution in [-0.4, -0.2) is 6.54 Å². The molecule has 86 valence electrons. The Labute approximate surface area is 102 Å². The maximum absolute atomic E-state index is 8.74. The molecule has 0 saturated heterocycles. The first-order chi connectivity index (χ1) is 7.67. The lowest BCUT2D eigenvalue weighted by Gasteiger charge is -2.12. The number of nitriles is 1. The molecule has 3 heteroatoms. The molecule has 0 aromatic heterocycles. The fourth-order valence-electron chi connectivity index (χ4n) is 1.60. The van der Waals surface area contributed by atoms with E-state index in [1.54, 1.807) is 12.1 Å². The molecule has 0 spiro atoms. The first kappa shape index (κ1) is 12.9. The second-order valence-corrected chi connectivity index (χ2v) is 4.49. The maximum Gasteiger partial charge on any atom is 0.101 e. The summed E-state index contributed by atoms with van der Waals surface area (Å²) in [6.07, 6.45) is 2.42. The van der Waals surface area contributed by atoms with Gasteiger partial charge in [0.2, 0.25) is 0 Å². The predicted octanol–water partition coefficient (Wildman–Crippen LogP) is 4.06. The minimum Gasteiger partial charge on any atom is -0.385 e. The van der Waals surface area contributed by atoms with Gasteiger partial charge in [-0.05, 0) is 30.5 Å². The van der Waals surface area contributed by atoms with E-state index < -0.39 is 0 Å². The average molecular weight is 237 g/mol. The van der Waals surface area contributed by atoms with Crippen molar-refractivity contribution in [2.75, 3.05) is 11.9 Å². The summed E-state index contributed by atoms with van der Waals surface area (Å²) in [5.74, 6) is 0.652. The Bertz CT molecular complexity index is 382. The van der Waals surface area contributed by atoms with E-state index in [0.717, 1.165) is 12.2 Å². The molecule has 0 radical (unpaired) electrons. The lowest BCUT2D eigenvalue weighted by molar-refractivity contribution is 0.551. The van der Waals surface area contributed by atoms with Gasteiger partial charge in [-0.1, -0.05) is 31.9 Å². The van der Waals surface area contributed by atoms with E-state index in [2.05, 4.69) is 19.2 Å². The Morgan fingerprint density at radius 1 is 1.50 bits per heavy atom. The van der Waals surface area contributed by atoms with Crippen molar-refractivity contribution >= 4 is 17.3 Å². The molecule has 1 aromatic carbocycles. The van der Waals surface area contributed by atoms with Crippen LogP contribution in [0, 0.1) is 17.2 Å². The molecule has 1 N–H and O–H groups in total. The van der Waals surface area contributed by atoms with Crippen LogP contribution in [0.5, 0.6) is 0 Å². The largest absolute Gasteiger partial charge is 0.385 e. The van der Waals surface area contributed by atoms with Gasteiger partial charge in [0.15, 0.2) is 0 Å². The Hall–Kier alpha value is -1.20. The Kier molecular flexibility index (Phi) is 5.14. The number of hydrogen-bond acceptors (Lipinski definition) is 2. The summed E-state index contributed by atoms with van der Waals surface area (Å²) >= 11 is 5.94. The van der Waals surface area contributed by atoms with Crippen molar-refractivity contribution < 1.29 is 0 Å². The lowest BCUT2D eigenvalue weighted by Crippen LogP contribution is -2.10. The van der Waals surface area contributed by atoms with Crippen molar-refractivity contribution in [3.8, 4) is 6.07 Å². The summed E-state index contributed by atoms with van der Waals surface area (Å²) in [5, 5.41) is 12.6. The third-order valence-corrected chi connectivity index (χ3v) is 2.84. The Morgan fingerprint density at radius 2 is 2.25 bits per heavy atom. The van der Waals surface area contributed by atoms with E-state index in [9.17, 15) is 0 Å². The number of nitrogens with zero attached hydrogens (tertiary/aromatic N) is 1.